The Labute approximate surface area is 146 Å². The van der Waals surface area contributed by atoms with Gasteiger partial charge in [-0.3, -0.25) is 0 Å². The van der Waals surface area contributed by atoms with Crippen LogP contribution >= 0.6 is 0 Å². The average Bonchev–Trinajstić information content (AvgIpc) is 2.64. The number of aromatic hydroxyl groups is 1. The maximum absolute atomic E-state index is 10.9. The van der Waals surface area contributed by atoms with Gasteiger partial charge in [-0.2, -0.15) is 0 Å². The zero-order valence-electron chi connectivity index (χ0n) is 14.4. The van der Waals surface area contributed by atoms with Crippen molar-refractivity contribution >= 4 is 0 Å². The minimum absolute atomic E-state index is 0.00294. The van der Waals surface area contributed by atoms with Crippen molar-refractivity contribution in [1.29, 1.82) is 0 Å². The Morgan fingerprint density at radius 1 is 1.04 bits per heavy atom. The van der Waals surface area contributed by atoms with Crippen molar-refractivity contribution in [3.05, 3.63) is 34.9 Å². The standard InChI is InChI=1S/C19H21NO5/c1-23-11-5-4-10-14(18(11)22)15-13-9(6-7-20-16(13)17(10)21)8-12(24-2)19(15)25-3/h4-5,8,16-17,20-22H,6-7H2,1-3H3/t16?,17-/m0/s1. The van der Waals surface area contributed by atoms with Crippen molar-refractivity contribution in [2.24, 2.45) is 0 Å². The van der Waals surface area contributed by atoms with Gasteiger partial charge < -0.3 is 29.7 Å². The molecule has 2 aliphatic rings. The third-order valence-corrected chi connectivity index (χ3v) is 5.14. The van der Waals surface area contributed by atoms with E-state index in [9.17, 15) is 10.2 Å². The molecule has 1 aliphatic carbocycles. The molecule has 2 aromatic rings. The number of methoxy groups -OCH3 is 3. The molecule has 132 valence electrons. The molecular formula is C19H21NO5. The largest absolute Gasteiger partial charge is 0.504 e. The van der Waals surface area contributed by atoms with Gasteiger partial charge in [0.05, 0.1) is 33.5 Å². The highest BCUT2D eigenvalue weighted by molar-refractivity contribution is 5.88. The Bertz CT molecular complexity index is 848. The number of benzene rings is 2. The van der Waals surface area contributed by atoms with Crippen molar-refractivity contribution in [3.63, 3.8) is 0 Å². The molecule has 1 unspecified atom stereocenters. The lowest BCUT2D eigenvalue weighted by Gasteiger charge is -2.39. The summed E-state index contributed by atoms with van der Waals surface area (Å²) >= 11 is 0. The Morgan fingerprint density at radius 2 is 1.80 bits per heavy atom. The topological polar surface area (TPSA) is 80.2 Å². The van der Waals surface area contributed by atoms with Crippen LogP contribution in [0.3, 0.4) is 0 Å². The molecule has 0 saturated heterocycles. The van der Waals surface area contributed by atoms with E-state index in [0.717, 1.165) is 29.7 Å². The van der Waals surface area contributed by atoms with E-state index < -0.39 is 6.10 Å². The van der Waals surface area contributed by atoms with Crippen molar-refractivity contribution in [3.8, 4) is 34.1 Å². The second-order valence-corrected chi connectivity index (χ2v) is 6.27. The highest BCUT2D eigenvalue weighted by Gasteiger charge is 2.40. The number of rotatable bonds is 3. The lowest BCUT2D eigenvalue weighted by molar-refractivity contribution is 0.123. The zero-order chi connectivity index (χ0) is 17.7. The fraction of sp³-hybridized carbons (Fsp3) is 0.368. The summed E-state index contributed by atoms with van der Waals surface area (Å²) in [5.41, 5.74) is 3.98. The quantitative estimate of drug-likeness (QED) is 0.794. The first kappa shape index (κ1) is 16.1. The van der Waals surface area contributed by atoms with E-state index >= 15 is 0 Å². The second-order valence-electron chi connectivity index (χ2n) is 6.27. The van der Waals surface area contributed by atoms with E-state index in [-0.39, 0.29) is 11.8 Å². The predicted octanol–water partition coefficient (Wildman–Crippen LogP) is 2.32. The van der Waals surface area contributed by atoms with Gasteiger partial charge in [0.2, 0.25) is 0 Å². The van der Waals surface area contributed by atoms with Gasteiger partial charge in [-0.05, 0) is 41.8 Å². The molecule has 6 nitrogen and oxygen atoms in total. The highest BCUT2D eigenvalue weighted by atomic mass is 16.5. The number of fused-ring (bicyclic) bond motifs is 2. The van der Waals surface area contributed by atoms with Crippen LogP contribution < -0.4 is 19.5 Å². The van der Waals surface area contributed by atoms with Gasteiger partial charge in [0.15, 0.2) is 23.0 Å². The molecular weight excluding hydrogens is 322 g/mol. The van der Waals surface area contributed by atoms with Crippen molar-refractivity contribution in [2.75, 3.05) is 27.9 Å². The summed E-state index contributed by atoms with van der Waals surface area (Å²) in [5, 5.41) is 25.1. The average molecular weight is 343 g/mol. The number of nitrogens with one attached hydrogen (secondary N) is 1. The van der Waals surface area contributed by atoms with E-state index in [1.165, 1.54) is 7.11 Å². The predicted molar refractivity (Wildman–Crippen MR) is 92.6 cm³/mol. The molecule has 2 aromatic carbocycles. The molecule has 0 bridgehead atoms. The summed E-state index contributed by atoms with van der Waals surface area (Å²) in [6, 6.07) is 5.16. The minimum atomic E-state index is -0.767. The molecule has 4 rings (SSSR count). The summed E-state index contributed by atoms with van der Waals surface area (Å²) in [6.07, 6.45) is 0.0443. The van der Waals surface area contributed by atoms with Gasteiger partial charge >= 0.3 is 0 Å². The number of ether oxygens (including phenoxy) is 3. The first-order valence-electron chi connectivity index (χ1n) is 8.21. The van der Waals surface area contributed by atoms with Gasteiger partial charge in [-0.1, -0.05) is 6.07 Å². The maximum Gasteiger partial charge on any atom is 0.169 e. The fourth-order valence-electron chi connectivity index (χ4n) is 4.05. The Morgan fingerprint density at radius 3 is 2.48 bits per heavy atom. The monoisotopic (exact) mass is 343 g/mol. The van der Waals surface area contributed by atoms with Crippen LogP contribution in [0, 0.1) is 0 Å². The SMILES string of the molecule is COc1ccc2c(c1O)-c1c(OC)c(OC)cc3c1C(NCC3)[C@H]2O. The summed E-state index contributed by atoms with van der Waals surface area (Å²) in [6.45, 7) is 0.765. The summed E-state index contributed by atoms with van der Waals surface area (Å²) in [5.74, 6) is 1.51. The molecule has 1 aliphatic heterocycles. The number of hydrogen-bond acceptors (Lipinski definition) is 6. The van der Waals surface area contributed by atoms with Crippen LogP contribution in [-0.4, -0.2) is 38.1 Å². The molecule has 25 heavy (non-hydrogen) atoms. The van der Waals surface area contributed by atoms with Crippen LogP contribution in [0.1, 0.15) is 28.8 Å². The van der Waals surface area contributed by atoms with Crippen LogP contribution in [0.15, 0.2) is 18.2 Å². The van der Waals surface area contributed by atoms with E-state index in [1.54, 1.807) is 26.4 Å². The molecule has 0 fully saturated rings. The molecule has 0 radical (unpaired) electrons. The Balaban J connectivity index is 2.14. The first-order chi connectivity index (χ1) is 12.1. The second kappa shape index (κ2) is 5.82. The van der Waals surface area contributed by atoms with E-state index in [4.69, 9.17) is 14.2 Å². The van der Waals surface area contributed by atoms with Gasteiger partial charge in [0.1, 0.15) is 0 Å². The molecule has 6 heteroatoms. The summed E-state index contributed by atoms with van der Waals surface area (Å²) < 4.78 is 16.4. The van der Waals surface area contributed by atoms with Gasteiger partial charge in [-0.25, -0.2) is 0 Å². The van der Waals surface area contributed by atoms with Crippen molar-refractivity contribution < 1.29 is 24.4 Å². The molecule has 1 heterocycles. The normalized spacial score (nSPS) is 20.5. The molecule has 2 atom stereocenters. The third kappa shape index (κ3) is 2.11. The molecule has 0 spiro atoms. The van der Waals surface area contributed by atoms with Crippen LogP contribution in [0.5, 0.6) is 23.0 Å². The number of hydrogen-bond donors (Lipinski definition) is 3. The fourth-order valence-corrected chi connectivity index (χ4v) is 4.05. The van der Waals surface area contributed by atoms with E-state index in [0.29, 0.717) is 28.4 Å². The van der Waals surface area contributed by atoms with Crippen LogP contribution in [0.25, 0.3) is 11.1 Å². The highest BCUT2D eigenvalue weighted by Crippen LogP contribution is 2.57. The number of phenols is 1. The molecule has 0 aromatic heterocycles. The maximum atomic E-state index is 10.9. The van der Waals surface area contributed by atoms with Crippen LogP contribution in [0.4, 0.5) is 0 Å². The number of aliphatic hydroxyl groups is 1. The van der Waals surface area contributed by atoms with Crippen LogP contribution in [-0.2, 0) is 6.42 Å². The van der Waals surface area contributed by atoms with E-state index in [2.05, 4.69) is 5.32 Å². The van der Waals surface area contributed by atoms with Crippen molar-refractivity contribution in [1.82, 2.24) is 5.32 Å². The number of phenolic OH excluding ortho intramolecular Hbond substituents is 1. The zero-order valence-corrected chi connectivity index (χ0v) is 14.4. The molecule has 3 N–H and O–H groups in total. The third-order valence-electron chi connectivity index (χ3n) is 5.14. The number of aliphatic hydroxyl groups excluding tert-OH is 1. The Kier molecular flexibility index (Phi) is 3.74. The van der Waals surface area contributed by atoms with Crippen LogP contribution in [0.2, 0.25) is 0 Å². The molecule has 0 amide bonds. The minimum Gasteiger partial charge on any atom is -0.504 e. The van der Waals surface area contributed by atoms with Gasteiger partial charge in [0, 0.05) is 11.1 Å². The van der Waals surface area contributed by atoms with E-state index in [1.807, 2.05) is 6.07 Å². The smallest absolute Gasteiger partial charge is 0.169 e. The van der Waals surface area contributed by atoms with Gasteiger partial charge in [-0.15, -0.1) is 0 Å². The lowest BCUT2D eigenvalue weighted by Crippen LogP contribution is -2.36. The lowest BCUT2D eigenvalue weighted by atomic mass is 9.75. The van der Waals surface area contributed by atoms with Crippen molar-refractivity contribution in [2.45, 2.75) is 18.6 Å². The van der Waals surface area contributed by atoms with Gasteiger partial charge in [0.25, 0.3) is 0 Å². The first-order valence-corrected chi connectivity index (χ1v) is 8.21. The summed E-state index contributed by atoms with van der Waals surface area (Å²) in [4.78, 5) is 0. The molecule has 0 saturated carbocycles. The Hall–Kier alpha value is -2.44. The summed E-state index contributed by atoms with van der Waals surface area (Å²) in [7, 11) is 4.68.